The molecule has 3 aromatic heterocycles. The second-order valence-corrected chi connectivity index (χ2v) is 6.84. The number of rotatable bonds is 5. The van der Waals surface area contributed by atoms with Crippen LogP contribution >= 0.6 is 0 Å². The van der Waals surface area contributed by atoms with Crippen molar-refractivity contribution in [3.8, 4) is 17.1 Å². The minimum Gasteiger partial charge on any atom is -0.451 e. The summed E-state index contributed by atoms with van der Waals surface area (Å²) in [7, 11) is 3.41. The number of pyridine rings is 1. The highest BCUT2D eigenvalue weighted by molar-refractivity contribution is 5.94. The second-order valence-electron chi connectivity index (χ2n) is 6.84. The monoisotopic (exact) mass is 392 g/mol. The van der Waals surface area contributed by atoms with Gasteiger partial charge in [-0.2, -0.15) is 5.10 Å². The number of ether oxygens (including phenoxy) is 1. The molecule has 1 amide bonds. The molecular formula is C21H20N4O4. The smallest absolute Gasteiger partial charge is 0.410 e. The van der Waals surface area contributed by atoms with Crippen LogP contribution in [0.2, 0.25) is 0 Å². The molecule has 0 aliphatic heterocycles. The summed E-state index contributed by atoms with van der Waals surface area (Å²) in [5.74, 6) is 0.263. The highest BCUT2D eigenvalue weighted by Crippen LogP contribution is 2.39. The lowest BCUT2D eigenvalue weighted by atomic mass is 10.0. The van der Waals surface area contributed by atoms with Crippen molar-refractivity contribution in [3.63, 3.8) is 0 Å². The Hall–Kier alpha value is -3.81. The highest BCUT2D eigenvalue weighted by atomic mass is 16.6. The van der Waals surface area contributed by atoms with Gasteiger partial charge in [0, 0.05) is 32.1 Å². The van der Waals surface area contributed by atoms with Crippen LogP contribution in [0.4, 0.5) is 4.79 Å². The predicted octanol–water partition coefficient (Wildman–Crippen LogP) is 2.77. The van der Waals surface area contributed by atoms with E-state index in [1.54, 1.807) is 37.4 Å². The van der Waals surface area contributed by atoms with Gasteiger partial charge < -0.3 is 19.5 Å². The lowest BCUT2D eigenvalue weighted by Gasteiger charge is -2.06. The zero-order valence-corrected chi connectivity index (χ0v) is 16.1. The lowest BCUT2D eigenvalue weighted by molar-refractivity contribution is 0.211. The van der Waals surface area contributed by atoms with Gasteiger partial charge in [0.2, 0.25) is 0 Å². The third-order valence-electron chi connectivity index (χ3n) is 4.74. The summed E-state index contributed by atoms with van der Waals surface area (Å²) in [4.78, 5) is 24.4. The van der Waals surface area contributed by atoms with Crippen molar-refractivity contribution in [2.24, 2.45) is 19.8 Å². The van der Waals surface area contributed by atoms with Gasteiger partial charge in [0.05, 0.1) is 11.8 Å². The molecule has 0 aliphatic carbocycles. The van der Waals surface area contributed by atoms with Crippen LogP contribution in [0.5, 0.6) is 5.75 Å². The Labute approximate surface area is 166 Å². The Morgan fingerprint density at radius 2 is 1.93 bits per heavy atom. The van der Waals surface area contributed by atoms with Crippen molar-refractivity contribution in [1.29, 1.82) is 0 Å². The maximum atomic E-state index is 12.9. The normalized spacial score (nSPS) is 11.1. The van der Waals surface area contributed by atoms with Crippen LogP contribution in [0.15, 0.2) is 58.1 Å². The van der Waals surface area contributed by atoms with E-state index >= 15 is 0 Å². The Kier molecular flexibility index (Phi) is 4.67. The van der Waals surface area contributed by atoms with E-state index in [0.29, 0.717) is 17.6 Å². The molecule has 148 valence electrons. The third-order valence-corrected chi connectivity index (χ3v) is 4.74. The van der Waals surface area contributed by atoms with Crippen LogP contribution in [-0.2, 0) is 26.9 Å². The average molecular weight is 392 g/mol. The molecule has 0 bridgehead atoms. The predicted molar refractivity (Wildman–Crippen MR) is 108 cm³/mol. The van der Waals surface area contributed by atoms with Crippen LogP contribution in [0.1, 0.15) is 11.1 Å². The molecule has 4 rings (SSSR count). The van der Waals surface area contributed by atoms with Gasteiger partial charge in [-0.15, -0.1) is 0 Å². The molecule has 8 heteroatoms. The molecule has 3 heterocycles. The molecule has 0 atom stereocenters. The van der Waals surface area contributed by atoms with Crippen molar-refractivity contribution in [2.75, 3.05) is 0 Å². The van der Waals surface area contributed by atoms with Crippen molar-refractivity contribution in [3.05, 3.63) is 70.4 Å². The standard InChI is InChI=1S/C21H20N4O4/c1-24-11-14(9-8-13-6-4-3-5-7-13)17-16(20(24)26)19(29-21(22)27)18(28-17)15-10-23-25(2)12-15/h3-7,10-12H,8-9H2,1-2H3,(H2,22,27). The molecule has 0 unspecified atom stereocenters. The molecule has 0 radical (unpaired) electrons. The molecule has 4 aromatic rings. The molecule has 0 fully saturated rings. The lowest BCUT2D eigenvalue weighted by Crippen LogP contribution is -2.20. The fourth-order valence-corrected chi connectivity index (χ4v) is 3.39. The number of hydrogen-bond donors (Lipinski definition) is 1. The zero-order valence-electron chi connectivity index (χ0n) is 16.1. The number of aromatic nitrogens is 3. The highest BCUT2D eigenvalue weighted by Gasteiger charge is 2.25. The van der Waals surface area contributed by atoms with E-state index in [1.165, 1.54) is 10.1 Å². The molecule has 2 N–H and O–H groups in total. The van der Waals surface area contributed by atoms with E-state index in [9.17, 15) is 9.59 Å². The van der Waals surface area contributed by atoms with Gasteiger partial charge in [0.15, 0.2) is 11.5 Å². The van der Waals surface area contributed by atoms with E-state index < -0.39 is 6.09 Å². The van der Waals surface area contributed by atoms with Crippen LogP contribution < -0.4 is 16.0 Å². The minimum absolute atomic E-state index is 0.0164. The van der Waals surface area contributed by atoms with E-state index in [-0.39, 0.29) is 22.5 Å². The summed E-state index contributed by atoms with van der Waals surface area (Å²) in [6, 6.07) is 10.0. The van der Waals surface area contributed by atoms with E-state index in [2.05, 4.69) is 5.10 Å². The number of primary amides is 1. The van der Waals surface area contributed by atoms with Gasteiger partial charge in [-0.05, 0) is 18.4 Å². The Morgan fingerprint density at radius 1 is 1.17 bits per heavy atom. The van der Waals surface area contributed by atoms with Crippen molar-refractivity contribution < 1.29 is 13.9 Å². The third kappa shape index (κ3) is 3.52. The molecule has 0 saturated carbocycles. The van der Waals surface area contributed by atoms with Gasteiger partial charge >= 0.3 is 6.09 Å². The van der Waals surface area contributed by atoms with Gasteiger partial charge in [0.1, 0.15) is 11.0 Å². The number of nitrogens with zero attached hydrogens (tertiary/aromatic N) is 3. The maximum absolute atomic E-state index is 12.9. The van der Waals surface area contributed by atoms with E-state index in [4.69, 9.17) is 14.9 Å². The number of furan rings is 1. The molecule has 29 heavy (non-hydrogen) atoms. The van der Waals surface area contributed by atoms with E-state index in [1.807, 2.05) is 30.3 Å². The number of aryl methyl sites for hydroxylation is 4. The Morgan fingerprint density at radius 3 is 2.59 bits per heavy atom. The second kappa shape index (κ2) is 7.31. The molecule has 0 saturated heterocycles. The number of hydrogen-bond acceptors (Lipinski definition) is 5. The number of fused-ring (bicyclic) bond motifs is 1. The average Bonchev–Trinajstić information content (AvgIpc) is 3.28. The molecule has 0 spiro atoms. The Balaban J connectivity index is 1.89. The summed E-state index contributed by atoms with van der Waals surface area (Å²) in [6.07, 6.45) is 5.42. The Bertz CT molecular complexity index is 1250. The first-order chi connectivity index (χ1) is 13.9. The first kappa shape index (κ1) is 18.5. The molecule has 8 nitrogen and oxygen atoms in total. The number of nitrogens with two attached hydrogens (primary N) is 1. The van der Waals surface area contributed by atoms with Crippen molar-refractivity contribution >= 4 is 17.1 Å². The number of carbonyl (C=O) groups excluding carboxylic acids is 1. The van der Waals surface area contributed by atoms with Gasteiger partial charge in [-0.25, -0.2) is 4.79 Å². The maximum Gasteiger partial charge on any atom is 0.410 e. The zero-order chi connectivity index (χ0) is 20.5. The fraction of sp³-hybridized carbons (Fsp3) is 0.190. The van der Waals surface area contributed by atoms with Gasteiger partial charge in [-0.3, -0.25) is 9.48 Å². The first-order valence-electron chi connectivity index (χ1n) is 9.09. The first-order valence-corrected chi connectivity index (χ1v) is 9.09. The molecule has 0 aliphatic rings. The summed E-state index contributed by atoms with van der Waals surface area (Å²) in [5.41, 5.74) is 7.89. The van der Waals surface area contributed by atoms with Crippen LogP contribution in [0, 0.1) is 0 Å². The van der Waals surface area contributed by atoms with Gasteiger partial charge in [0.25, 0.3) is 5.56 Å². The topological polar surface area (TPSA) is 105 Å². The summed E-state index contributed by atoms with van der Waals surface area (Å²) in [6.45, 7) is 0. The van der Waals surface area contributed by atoms with E-state index in [0.717, 1.165) is 12.0 Å². The number of amides is 1. The number of carbonyl (C=O) groups is 1. The van der Waals surface area contributed by atoms with Crippen LogP contribution in [0.3, 0.4) is 0 Å². The van der Waals surface area contributed by atoms with Crippen molar-refractivity contribution in [1.82, 2.24) is 14.3 Å². The summed E-state index contributed by atoms with van der Waals surface area (Å²) >= 11 is 0. The van der Waals surface area contributed by atoms with Crippen LogP contribution in [0.25, 0.3) is 22.3 Å². The SMILES string of the molecule is Cn1cc(-c2oc3c(CCc4ccccc4)cn(C)c(=O)c3c2OC(N)=O)cn1. The minimum atomic E-state index is -1.02. The number of benzene rings is 1. The van der Waals surface area contributed by atoms with Crippen molar-refractivity contribution in [2.45, 2.75) is 12.8 Å². The quantitative estimate of drug-likeness (QED) is 0.562. The van der Waals surface area contributed by atoms with Crippen LogP contribution in [-0.4, -0.2) is 20.4 Å². The largest absolute Gasteiger partial charge is 0.451 e. The summed E-state index contributed by atoms with van der Waals surface area (Å²) in [5, 5.41) is 4.31. The molecular weight excluding hydrogens is 372 g/mol. The summed E-state index contributed by atoms with van der Waals surface area (Å²) < 4.78 is 14.3. The van der Waals surface area contributed by atoms with Gasteiger partial charge in [-0.1, -0.05) is 30.3 Å². The fourth-order valence-electron chi connectivity index (χ4n) is 3.39. The molecule has 1 aromatic carbocycles.